The number of furan rings is 1. The molecule has 9 heteroatoms. The Hall–Kier alpha value is -2.78. The normalized spacial score (nSPS) is 14.5. The number of nitrogens with zero attached hydrogens (tertiary/aromatic N) is 4. The van der Waals surface area contributed by atoms with Crippen LogP contribution >= 0.6 is 23.1 Å². The van der Waals surface area contributed by atoms with E-state index in [1.165, 1.54) is 19.3 Å². The highest BCUT2D eigenvalue weighted by Gasteiger charge is 2.25. The molecule has 0 unspecified atom stereocenters. The van der Waals surface area contributed by atoms with Gasteiger partial charge in [-0.15, -0.1) is 21.5 Å². The molecule has 0 saturated heterocycles. The highest BCUT2D eigenvalue weighted by molar-refractivity contribution is 7.98. The molecule has 7 nitrogen and oxygen atoms in total. The summed E-state index contributed by atoms with van der Waals surface area (Å²) in [7, 11) is 3.28. The van der Waals surface area contributed by atoms with Crippen molar-refractivity contribution in [3.8, 4) is 33.7 Å². The van der Waals surface area contributed by atoms with Gasteiger partial charge in [-0.1, -0.05) is 31.0 Å². The fourth-order valence-corrected chi connectivity index (χ4v) is 6.05. The third-order valence-corrected chi connectivity index (χ3v) is 7.79. The number of hydrogen-bond donors (Lipinski definition) is 0. The van der Waals surface area contributed by atoms with Crippen molar-refractivity contribution in [3.05, 3.63) is 47.7 Å². The van der Waals surface area contributed by atoms with E-state index in [2.05, 4.69) is 20.1 Å². The van der Waals surface area contributed by atoms with Gasteiger partial charge < -0.3 is 13.9 Å². The van der Waals surface area contributed by atoms with Crippen molar-refractivity contribution in [1.29, 1.82) is 0 Å². The van der Waals surface area contributed by atoms with Gasteiger partial charge in [0.15, 0.2) is 22.4 Å². The summed E-state index contributed by atoms with van der Waals surface area (Å²) in [4.78, 5) is 4.85. The lowest BCUT2D eigenvalue weighted by Gasteiger charge is -2.25. The minimum Gasteiger partial charge on any atom is -0.493 e. The third-order valence-electron chi connectivity index (χ3n) is 5.88. The molecule has 4 aromatic rings. The molecule has 0 atom stereocenters. The summed E-state index contributed by atoms with van der Waals surface area (Å²) in [6.45, 7) is 0. The van der Waals surface area contributed by atoms with Gasteiger partial charge in [0.2, 0.25) is 5.82 Å². The molecule has 0 spiro atoms. The van der Waals surface area contributed by atoms with Crippen LogP contribution in [0.4, 0.5) is 0 Å². The Bertz CT molecular complexity index is 1200. The first kappa shape index (κ1) is 22.0. The summed E-state index contributed by atoms with van der Waals surface area (Å²) in [5, 5.41) is 13.0. The summed E-state index contributed by atoms with van der Waals surface area (Å²) < 4.78 is 18.7. The van der Waals surface area contributed by atoms with Crippen LogP contribution in [0.2, 0.25) is 0 Å². The first-order valence-corrected chi connectivity index (χ1v) is 12.9. The maximum absolute atomic E-state index is 5.65. The summed E-state index contributed by atoms with van der Waals surface area (Å²) in [6.07, 6.45) is 7.78. The number of aromatic nitrogens is 4. The Morgan fingerprint density at radius 1 is 1.09 bits per heavy atom. The summed E-state index contributed by atoms with van der Waals surface area (Å²) in [5.41, 5.74) is 2.03. The lowest BCUT2D eigenvalue weighted by molar-refractivity contribution is 0.337. The average Bonchev–Trinajstić information content (AvgIpc) is 3.63. The van der Waals surface area contributed by atoms with Gasteiger partial charge in [-0.3, -0.25) is 4.57 Å². The van der Waals surface area contributed by atoms with Gasteiger partial charge in [0.25, 0.3) is 0 Å². The monoisotopic (exact) mass is 482 g/mol. The summed E-state index contributed by atoms with van der Waals surface area (Å²) in [6, 6.07) is 10.1. The Labute approximate surface area is 201 Å². The molecular formula is C24H26N4O3S2. The lowest BCUT2D eigenvalue weighted by Crippen LogP contribution is -2.15. The van der Waals surface area contributed by atoms with E-state index in [1.54, 1.807) is 43.6 Å². The topological polar surface area (TPSA) is 75.2 Å². The van der Waals surface area contributed by atoms with Gasteiger partial charge in [0.05, 0.1) is 26.2 Å². The molecule has 5 rings (SSSR count). The van der Waals surface area contributed by atoms with E-state index >= 15 is 0 Å². The van der Waals surface area contributed by atoms with Crippen LogP contribution in [0.3, 0.4) is 0 Å². The van der Waals surface area contributed by atoms with Gasteiger partial charge >= 0.3 is 0 Å². The van der Waals surface area contributed by atoms with Gasteiger partial charge in [-0.25, -0.2) is 4.98 Å². The molecule has 1 aliphatic rings. The van der Waals surface area contributed by atoms with Crippen LogP contribution in [0.5, 0.6) is 11.5 Å². The van der Waals surface area contributed by atoms with Crippen LogP contribution in [-0.4, -0.2) is 34.0 Å². The number of hydrogen-bond acceptors (Lipinski definition) is 8. The van der Waals surface area contributed by atoms with Crippen LogP contribution in [0, 0.1) is 0 Å². The predicted octanol–water partition coefficient (Wildman–Crippen LogP) is 6.48. The van der Waals surface area contributed by atoms with Crippen molar-refractivity contribution in [2.75, 3.05) is 14.2 Å². The molecule has 1 fully saturated rings. The fourth-order valence-electron chi connectivity index (χ4n) is 4.23. The maximum Gasteiger partial charge on any atom is 0.200 e. The molecule has 3 heterocycles. The zero-order valence-corrected chi connectivity index (χ0v) is 20.3. The molecule has 0 N–H and O–H groups in total. The van der Waals surface area contributed by atoms with Gasteiger partial charge in [0, 0.05) is 22.7 Å². The van der Waals surface area contributed by atoms with Crippen LogP contribution in [0.1, 0.15) is 43.8 Å². The molecule has 0 radical (unpaired) electrons. The second-order valence-electron chi connectivity index (χ2n) is 7.95. The van der Waals surface area contributed by atoms with Crippen molar-refractivity contribution in [3.63, 3.8) is 0 Å². The van der Waals surface area contributed by atoms with Crippen molar-refractivity contribution >= 4 is 23.1 Å². The Balaban J connectivity index is 1.36. The molecule has 1 aromatic carbocycles. The zero-order chi connectivity index (χ0) is 22.6. The van der Waals surface area contributed by atoms with E-state index in [0.717, 1.165) is 51.6 Å². The lowest BCUT2D eigenvalue weighted by atomic mass is 9.95. The zero-order valence-electron chi connectivity index (χ0n) is 18.7. The highest BCUT2D eigenvalue weighted by atomic mass is 32.2. The first-order chi connectivity index (χ1) is 16.3. The maximum atomic E-state index is 5.65. The highest BCUT2D eigenvalue weighted by Crippen LogP contribution is 2.37. The Morgan fingerprint density at radius 2 is 1.94 bits per heavy atom. The smallest absolute Gasteiger partial charge is 0.200 e. The van der Waals surface area contributed by atoms with Crippen molar-refractivity contribution in [2.24, 2.45) is 0 Å². The minimum absolute atomic E-state index is 0.411. The fraction of sp³-hybridized carbons (Fsp3) is 0.375. The summed E-state index contributed by atoms with van der Waals surface area (Å²) in [5.74, 6) is 3.73. The number of rotatable bonds is 8. The minimum atomic E-state index is 0.411. The van der Waals surface area contributed by atoms with Gasteiger partial charge in [0.1, 0.15) is 5.01 Å². The molecular weight excluding hydrogens is 456 g/mol. The molecule has 33 heavy (non-hydrogen) atoms. The second-order valence-corrected chi connectivity index (χ2v) is 9.75. The largest absolute Gasteiger partial charge is 0.493 e. The van der Waals surface area contributed by atoms with Crippen molar-refractivity contribution in [1.82, 2.24) is 19.7 Å². The van der Waals surface area contributed by atoms with Gasteiger partial charge in [-0.05, 0) is 43.2 Å². The number of thioether (sulfide) groups is 1. The molecule has 1 aliphatic carbocycles. The number of benzene rings is 1. The quantitative estimate of drug-likeness (QED) is 0.266. The number of ether oxygens (including phenoxy) is 2. The Kier molecular flexibility index (Phi) is 6.68. The van der Waals surface area contributed by atoms with Crippen LogP contribution < -0.4 is 9.47 Å². The van der Waals surface area contributed by atoms with Gasteiger partial charge in [-0.2, -0.15) is 0 Å². The predicted molar refractivity (Wildman–Crippen MR) is 130 cm³/mol. The van der Waals surface area contributed by atoms with Crippen LogP contribution in [0.15, 0.2) is 51.5 Å². The Morgan fingerprint density at radius 3 is 2.70 bits per heavy atom. The molecule has 0 bridgehead atoms. The van der Waals surface area contributed by atoms with Crippen LogP contribution in [0.25, 0.3) is 22.2 Å². The number of methoxy groups -OCH3 is 2. The SMILES string of the molecule is COc1ccc(-c2nc(CSc3nnc(-c4ccco4)n3C3CCCCC3)cs2)cc1OC. The molecule has 0 amide bonds. The van der Waals surface area contributed by atoms with E-state index < -0.39 is 0 Å². The second kappa shape index (κ2) is 10.0. The molecule has 1 saturated carbocycles. The van der Waals surface area contributed by atoms with E-state index in [-0.39, 0.29) is 0 Å². The van der Waals surface area contributed by atoms with E-state index in [0.29, 0.717) is 17.5 Å². The van der Waals surface area contributed by atoms with Crippen molar-refractivity contribution < 1.29 is 13.9 Å². The molecule has 0 aliphatic heterocycles. The van der Waals surface area contributed by atoms with Crippen LogP contribution in [-0.2, 0) is 5.75 Å². The molecule has 172 valence electrons. The molecule has 3 aromatic heterocycles. The summed E-state index contributed by atoms with van der Waals surface area (Å²) >= 11 is 3.31. The number of thiazole rings is 1. The van der Waals surface area contributed by atoms with E-state index in [9.17, 15) is 0 Å². The first-order valence-electron chi connectivity index (χ1n) is 11.0. The van der Waals surface area contributed by atoms with E-state index in [4.69, 9.17) is 18.9 Å². The average molecular weight is 483 g/mol. The standard InChI is InChI=1S/C24H26N4O3S2/c1-29-19-11-10-16(13-21(19)30-2)23-25-17(14-32-23)15-33-24-27-26-22(20-9-6-12-31-20)28(24)18-7-4-3-5-8-18/h6,9-14,18H,3-5,7-8,15H2,1-2H3. The van der Waals surface area contributed by atoms with E-state index in [1.807, 2.05) is 30.3 Å². The van der Waals surface area contributed by atoms with Crippen molar-refractivity contribution in [2.45, 2.75) is 49.1 Å². The third kappa shape index (κ3) is 4.65.